The fourth-order valence-electron chi connectivity index (χ4n) is 4.22. The second-order valence-corrected chi connectivity index (χ2v) is 8.23. The smallest absolute Gasteiger partial charge is 0.379 e. The Hall–Kier alpha value is -5.17. The summed E-state index contributed by atoms with van der Waals surface area (Å²) in [5.41, 5.74) is 10.2. The molecular formula is C27H22N4O6. The molecule has 1 aliphatic rings. The number of benzene rings is 2. The molecule has 10 heteroatoms. The molecule has 186 valence electrons. The summed E-state index contributed by atoms with van der Waals surface area (Å²) in [6.45, 7) is 1.99. The number of methoxy groups -OCH3 is 2. The third-order valence-electron chi connectivity index (χ3n) is 6.01. The number of nitrogens with one attached hydrogen (secondary N) is 1. The average molecular weight is 498 g/mol. The molecule has 0 spiro atoms. The minimum absolute atomic E-state index is 0.0193. The Morgan fingerprint density at radius 1 is 1.14 bits per heavy atom. The van der Waals surface area contributed by atoms with Gasteiger partial charge >= 0.3 is 5.97 Å². The molecule has 0 saturated carbocycles. The van der Waals surface area contributed by atoms with Crippen LogP contribution in [0.2, 0.25) is 0 Å². The van der Waals surface area contributed by atoms with Crippen LogP contribution >= 0.6 is 0 Å². The number of carbonyl (C=O) groups excluding carboxylic acids is 1. The van der Waals surface area contributed by atoms with Crippen LogP contribution in [0.4, 0.5) is 0 Å². The lowest BCUT2D eigenvalue weighted by molar-refractivity contribution is 0.0691. The lowest BCUT2D eigenvalue weighted by Gasteiger charge is -2.25. The van der Waals surface area contributed by atoms with Crippen molar-refractivity contribution in [3.05, 3.63) is 88.7 Å². The van der Waals surface area contributed by atoms with Crippen LogP contribution in [-0.4, -0.2) is 30.4 Å². The zero-order chi connectivity index (χ0) is 26.1. The summed E-state index contributed by atoms with van der Waals surface area (Å²) in [7, 11) is 2.87. The van der Waals surface area contributed by atoms with Crippen LogP contribution < -0.4 is 24.7 Å². The molecule has 3 N–H and O–H groups in total. The minimum atomic E-state index is -0.721. The monoisotopic (exact) mass is 498 g/mol. The highest BCUT2D eigenvalue weighted by Crippen LogP contribution is 2.49. The van der Waals surface area contributed by atoms with Crippen molar-refractivity contribution >= 4 is 5.97 Å². The Morgan fingerprint density at radius 2 is 1.84 bits per heavy atom. The first-order valence-corrected chi connectivity index (χ1v) is 11.2. The van der Waals surface area contributed by atoms with Gasteiger partial charge in [-0.15, -0.1) is 5.10 Å². The fraction of sp³-hybridized carbons (Fsp3) is 0.148. The van der Waals surface area contributed by atoms with Gasteiger partial charge in [-0.3, -0.25) is 5.10 Å². The summed E-state index contributed by atoms with van der Waals surface area (Å²) >= 11 is 0. The van der Waals surface area contributed by atoms with E-state index < -0.39 is 11.9 Å². The zero-order valence-corrected chi connectivity index (χ0v) is 20.2. The number of nitrogens with zero attached hydrogens (tertiary/aromatic N) is 2. The minimum Gasteiger partial charge on any atom is -0.493 e. The predicted molar refractivity (Wildman–Crippen MR) is 131 cm³/mol. The fourth-order valence-corrected chi connectivity index (χ4v) is 4.22. The van der Waals surface area contributed by atoms with E-state index in [0.29, 0.717) is 16.8 Å². The van der Waals surface area contributed by atoms with Gasteiger partial charge in [-0.2, -0.15) is 5.26 Å². The molecule has 0 amide bonds. The summed E-state index contributed by atoms with van der Waals surface area (Å²) in [6.07, 6.45) is 1.37. The third kappa shape index (κ3) is 4.12. The van der Waals surface area contributed by atoms with Gasteiger partial charge in [0.05, 0.1) is 37.7 Å². The van der Waals surface area contributed by atoms with Crippen LogP contribution in [0, 0.1) is 18.3 Å². The highest BCUT2D eigenvalue weighted by molar-refractivity contribution is 5.89. The maximum Gasteiger partial charge on any atom is 0.379 e. The number of nitrogens with two attached hydrogens (primary N) is 1. The predicted octanol–water partition coefficient (Wildman–Crippen LogP) is 4.43. The van der Waals surface area contributed by atoms with Crippen molar-refractivity contribution in [1.29, 1.82) is 5.26 Å². The lowest BCUT2D eigenvalue weighted by atomic mass is 9.82. The van der Waals surface area contributed by atoms with E-state index in [2.05, 4.69) is 16.3 Å². The number of H-pyrrole nitrogens is 1. The third-order valence-corrected chi connectivity index (χ3v) is 6.01. The van der Waals surface area contributed by atoms with Crippen molar-refractivity contribution in [3.8, 4) is 40.5 Å². The van der Waals surface area contributed by atoms with Gasteiger partial charge in [-0.1, -0.05) is 29.8 Å². The van der Waals surface area contributed by atoms with Gasteiger partial charge in [0.2, 0.25) is 23.3 Å². The molecular weight excluding hydrogens is 476 g/mol. The topological polar surface area (TPSA) is 146 Å². The molecule has 2 aromatic carbocycles. The molecule has 0 bridgehead atoms. The Balaban J connectivity index is 1.66. The molecule has 5 rings (SSSR count). The van der Waals surface area contributed by atoms with E-state index >= 15 is 0 Å². The van der Waals surface area contributed by atoms with Crippen molar-refractivity contribution in [2.24, 2.45) is 5.73 Å². The van der Waals surface area contributed by atoms with Crippen LogP contribution in [0.25, 0.3) is 11.3 Å². The Bertz CT molecular complexity index is 1520. The highest BCUT2D eigenvalue weighted by atomic mass is 16.6. The number of furan rings is 1. The number of aryl methyl sites for hydroxylation is 1. The van der Waals surface area contributed by atoms with Crippen molar-refractivity contribution in [2.45, 2.75) is 12.8 Å². The summed E-state index contributed by atoms with van der Waals surface area (Å²) in [5.74, 6) is -0.717. The second kappa shape index (κ2) is 9.47. The number of fused-ring (bicyclic) bond motifs is 1. The van der Waals surface area contributed by atoms with Crippen LogP contribution in [0.15, 0.2) is 70.7 Å². The second-order valence-electron chi connectivity index (χ2n) is 8.23. The van der Waals surface area contributed by atoms with E-state index in [1.165, 1.54) is 26.5 Å². The van der Waals surface area contributed by atoms with Crippen LogP contribution in [-0.2, 0) is 0 Å². The van der Waals surface area contributed by atoms with Crippen LogP contribution in [0.5, 0.6) is 23.1 Å². The molecule has 37 heavy (non-hydrogen) atoms. The first-order chi connectivity index (χ1) is 17.9. The van der Waals surface area contributed by atoms with Crippen LogP contribution in [0.1, 0.15) is 33.2 Å². The SMILES string of the molecule is COc1cc([C@H]2C(C#N)=C(N)Oc3n[nH]c(-c4ccc(C)cc4)c32)cc(OC)c1OC(=O)c1ccco1. The van der Waals surface area contributed by atoms with E-state index in [0.717, 1.165) is 11.1 Å². The summed E-state index contributed by atoms with van der Waals surface area (Å²) < 4.78 is 27.5. The van der Waals surface area contributed by atoms with Crippen LogP contribution in [0.3, 0.4) is 0 Å². The van der Waals surface area contributed by atoms with Gasteiger partial charge in [-0.05, 0) is 36.8 Å². The van der Waals surface area contributed by atoms with Crippen molar-refractivity contribution in [2.75, 3.05) is 14.2 Å². The Morgan fingerprint density at radius 3 is 2.43 bits per heavy atom. The van der Waals surface area contributed by atoms with E-state index in [4.69, 9.17) is 29.1 Å². The summed E-state index contributed by atoms with van der Waals surface area (Å²) in [6, 6.07) is 16.4. The van der Waals surface area contributed by atoms with Gasteiger partial charge in [0.15, 0.2) is 11.5 Å². The molecule has 0 unspecified atom stereocenters. The first-order valence-electron chi connectivity index (χ1n) is 11.2. The standard InChI is InChI=1S/C27H22N4O6/c1-14-6-8-15(9-7-14)23-22-21(17(13-28)25(29)37-26(22)31-30-23)16-11-19(33-2)24(20(12-16)34-3)36-27(32)18-5-4-10-35-18/h4-12,21H,29H2,1-3H3,(H,30,31)/t21-/m0/s1. The number of carbonyl (C=O) groups is 1. The number of rotatable bonds is 6. The summed E-state index contributed by atoms with van der Waals surface area (Å²) in [5, 5.41) is 17.4. The number of aromatic amines is 1. The number of allylic oxidation sites excluding steroid dienone is 1. The van der Waals surface area contributed by atoms with Crippen molar-refractivity contribution in [3.63, 3.8) is 0 Å². The summed E-state index contributed by atoms with van der Waals surface area (Å²) in [4.78, 5) is 12.6. The van der Waals surface area contributed by atoms with E-state index in [-0.39, 0.29) is 40.3 Å². The lowest BCUT2D eigenvalue weighted by Crippen LogP contribution is -2.21. The molecule has 2 aromatic heterocycles. The van der Waals surface area contributed by atoms with Gasteiger partial charge in [-0.25, -0.2) is 4.79 Å². The average Bonchev–Trinajstić information content (AvgIpc) is 3.59. The van der Waals surface area contributed by atoms with E-state index in [1.807, 2.05) is 31.2 Å². The highest BCUT2D eigenvalue weighted by Gasteiger charge is 2.37. The molecule has 4 aromatic rings. The quantitative estimate of drug-likeness (QED) is 0.291. The van der Waals surface area contributed by atoms with E-state index in [1.54, 1.807) is 18.2 Å². The molecule has 3 heterocycles. The number of esters is 1. The Labute approximate surface area is 211 Å². The molecule has 0 saturated heterocycles. The zero-order valence-electron chi connectivity index (χ0n) is 20.2. The van der Waals surface area contributed by atoms with Gasteiger partial charge < -0.3 is 29.1 Å². The number of ether oxygens (including phenoxy) is 4. The maximum absolute atomic E-state index is 12.6. The van der Waals surface area contributed by atoms with E-state index in [9.17, 15) is 10.1 Å². The normalized spacial score (nSPS) is 14.4. The maximum atomic E-state index is 12.6. The number of hydrogen-bond acceptors (Lipinski definition) is 9. The number of nitriles is 1. The molecule has 10 nitrogen and oxygen atoms in total. The van der Waals surface area contributed by atoms with Gasteiger partial charge in [0.25, 0.3) is 0 Å². The molecule has 0 fully saturated rings. The van der Waals surface area contributed by atoms with Gasteiger partial charge in [0, 0.05) is 5.56 Å². The molecule has 0 aliphatic carbocycles. The largest absolute Gasteiger partial charge is 0.493 e. The van der Waals surface area contributed by atoms with Crippen molar-refractivity contribution < 1.29 is 28.2 Å². The first kappa shape index (κ1) is 23.6. The van der Waals surface area contributed by atoms with Crippen molar-refractivity contribution in [1.82, 2.24) is 10.2 Å². The molecule has 0 radical (unpaired) electrons. The molecule has 1 aliphatic heterocycles. The number of hydrogen-bond donors (Lipinski definition) is 2. The van der Waals surface area contributed by atoms with Gasteiger partial charge in [0.1, 0.15) is 11.6 Å². The Kier molecular flexibility index (Phi) is 6.03. The number of aromatic nitrogens is 2. The molecule has 1 atom stereocenters.